The van der Waals surface area contributed by atoms with Gasteiger partial charge in [0.25, 0.3) is 5.91 Å². The number of piperidine rings is 1. The van der Waals surface area contributed by atoms with Gasteiger partial charge in [-0.1, -0.05) is 13.8 Å². The first-order chi connectivity index (χ1) is 8.66. The van der Waals surface area contributed by atoms with Gasteiger partial charge in [-0.15, -0.1) is 0 Å². The van der Waals surface area contributed by atoms with Gasteiger partial charge in [0, 0.05) is 25.7 Å². The van der Waals surface area contributed by atoms with E-state index in [0.717, 1.165) is 45.5 Å². The summed E-state index contributed by atoms with van der Waals surface area (Å²) in [5, 5.41) is 3.47. The number of amides is 1. The Kier molecular flexibility index (Phi) is 5.01. The average Bonchev–Trinajstić information content (AvgIpc) is 2.89. The Bertz CT molecular complexity index is 275. The summed E-state index contributed by atoms with van der Waals surface area (Å²) in [6.45, 7) is 7.92. The fourth-order valence-corrected chi connectivity index (χ4v) is 2.81. The fraction of sp³-hybridized carbons (Fsp3) is 0.929. The number of rotatable bonds is 4. The first kappa shape index (κ1) is 13.8. The van der Waals surface area contributed by atoms with Crippen molar-refractivity contribution in [3.8, 4) is 0 Å². The standard InChI is InChI=1S/C14H26N2O2/c1-11(2)15-9-12-5-3-7-16(10-12)14(17)13-6-4-8-18-13/h11-13,15H,3-10H2,1-2H3/t12?,13-/m0/s1. The molecule has 0 aromatic heterocycles. The lowest BCUT2D eigenvalue weighted by molar-refractivity contribution is -0.142. The molecule has 2 rings (SSSR count). The van der Waals surface area contributed by atoms with Gasteiger partial charge in [0.1, 0.15) is 6.10 Å². The summed E-state index contributed by atoms with van der Waals surface area (Å²) < 4.78 is 5.49. The Hall–Kier alpha value is -0.610. The lowest BCUT2D eigenvalue weighted by Crippen LogP contribution is -2.47. The third-order valence-electron chi connectivity index (χ3n) is 3.85. The second-order valence-corrected chi connectivity index (χ2v) is 5.86. The zero-order chi connectivity index (χ0) is 13.0. The highest BCUT2D eigenvalue weighted by molar-refractivity contribution is 5.81. The Labute approximate surface area is 110 Å². The summed E-state index contributed by atoms with van der Waals surface area (Å²) >= 11 is 0. The molecular weight excluding hydrogens is 228 g/mol. The van der Waals surface area contributed by atoms with Crippen LogP contribution in [0.5, 0.6) is 0 Å². The monoisotopic (exact) mass is 254 g/mol. The molecule has 0 bridgehead atoms. The molecule has 0 aromatic rings. The highest BCUT2D eigenvalue weighted by Gasteiger charge is 2.31. The molecule has 1 amide bonds. The SMILES string of the molecule is CC(C)NCC1CCCN(C(=O)[C@@H]2CCCO2)C1. The van der Waals surface area contributed by atoms with Crippen molar-refractivity contribution in [1.29, 1.82) is 0 Å². The summed E-state index contributed by atoms with van der Waals surface area (Å²) in [6, 6.07) is 0.522. The van der Waals surface area contributed by atoms with E-state index in [2.05, 4.69) is 19.2 Å². The number of nitrogens with zero attached hydrogens (tertiary/aromatic N) is 1. The van der Waals surface area contributed by atoms with E-state index in [9.17, 15) is 4.79 Å². The maximum Gasteiger partial charge on any atom is 0.251 e. The van der Waals surface area contributed by atoms with E-state index in [0.29, 0.717) is 12.0 Å². The maximum absolute atomic E-state index is 12.3. The summed E-state index contributed by atoms with van der Waals surface area (Å²) in [6.07, 6.45) is 4.15. The van der Waals surface area contributed by atoms with E-state index in [-0.39, 0.29) is 12.0 Å². The van der Waals surface area contributed by atoms with E-state index in [1.165, 1.54) is 6.42 Å². The van der Waals surface area contributed by atoms with Gasteiger partial charge in [0.15, 0.2) is 0 Å². The van der Waals surface area contributed by atoms with E-state index in [1.807, 2.05) is 4.90 Å². The molecule has 0 aromatic carbocycles. The van der Waals surface area contributed by atoms with Gasteiger partial charge in [0.2, 0.25) is 0 Å². The average molecular weight is 254 g/mol. The van der Waals surface area contributed by atoms with E-state index in [1.54, 1.807) is 0 Å². The lowest BCUT2D eigenvalue weighted by Gasteiger charge is -2.34. The molecule has 1 unspecified atom stereocenters. The number of carbonyl (C=O) groups is 1. The molecule has 2 aliphatic rings. The minimum absolute atomic E-state index is 0.151. The number of ether oxygens (including phenoxy) is 1. The molecular formula is C14H26N2O2. The van der Waals surface area contributed by atoms with Gasteiger partial charge >= 0.3 is 0 Å². The molecule has 1 N–H and O–H groups in total. The van der Waals surface area contributed by atoms with Gasteiger partial charge in [0.05, 0.1) is 0 Å². The van der Waals surface area contributed by atoms with E-state index < -0.39 is 0 Å². The number of likely N-dealkylation sites (tertiary alicyclic amines) is 1. The summed E-state index contributed by atoms with van der Waals surface area (Å²) in [5.74, 6) is 0.827. The van der Waals surface area contributed by atoms with E-state index in [4.69, 9.17) is 4.74 Å². The van der Waals surface area contributed by atoms with Crippen molar-refractivity contribution in [2.45, 2.75) is 51.7 Å². The molecule has 2 aliphatic heterocycles. The molecule has 2 saturated heterocycles. The van der Waals surface area contributed by atoms with Crippen LogP contribution in [-0.4, -0.2) is 49.2 Å². The van der Waals surface area contributed by atoms with Crippen molar-refractivity contribution in [3.05, 3.63) is 0 Å². The Morgan fingerprint density at radius 3 is 2.89 bits per heavy atom. The molecule has 4 heteroatoms. The number of carbonyl (C=O) groups excluding carboxylic acids is 1. The summed E-state index contributed by atoms with van der Waals surface area (Å²) in [7, 11) is 0. The van der Waals surface area contributed by atoms with Gasteiger partial charge in [-0.3, -0.25) is 4.79 Å². The second kappa shape index (κ2) is 6.53. The smallest absolute Gasteiger partial charge is 0.251 e. The molecule has 0 saturated carbocycles. The first-order valence-electron chi connectivity index (χ1n) is 7.30. The molecule has 2 heterocycles. The van der Waals surface area contributed by atoms with E-state index >= 15 is 0 Å². The van der Waals surface area contributed by atoms with Crippen LogP contribution < -0.4 is 5.32 Å². The Morgan fingerprint density at radius 2 is 2.22 bits per heavy atom. The largest absolute Gasteiger partial charge is 0.368 e. The van der Waals surface area contributed by atoms with Crippen molar-refractivity contribution < 1.29 is 9.53 Å². The molecule has 104 valence electrons. The van der Waals surface area contributed by atoms with Gasteiger partial charge in [-0.25, -0.2) is 0 Å². The van der Waals surface area contributed by atoms with Gasteiger partial charge < -0.3 is 15.0 Å². The number of hydrogen-bond acceptors (Lipinski definition) is 3. The topological polar surface area (TPSA) is 41.6 Å². The highest BCUT2D eigenvalue weighted by atomic mass is 16.5. The lowest BCUT2D eigenvalue weighted by atomic mass is 9.97. The van der Waals surface area contributed by atoms with Crippen LogP contribution in [0.2, 0.25) is 0 Å². The Morgan fingerprint density at radius 1 is 1.39 bits per heavy atom. The van der Waals surface area contributed by atoms with Crippen LogP contribution in [0, 0.1) is 5.92 Å². The molecule has 2 atom stereocenters. The van der Waals surface area contributed by atoms with Gasteiger partial charge in [-0.2, -0.15) is 0 Å². The van der Waals surface area contributed by atoms with Crippen LogP contribution >= 0.6 is 0 Å². The van der Waals surface area contributed by atoms with Crippen LogP contribution in [0.4, 0.5) is 0 Å². The highest BCUT2D eigenvalue weighted by Crippen LogP contribution is 2.20. The maximum atomic E-state index is 12.3. The third-order valence-corrected chi connectivity index (χ3v) is 3.85. The zero-order valence-corrected chi connectivity index (χ0v) is 11.7. The molecule has 0 aliphatic carbocycles. The van der Waals surface area contributed by atoms with Crippen molar-refractivity contribution in [2.75, 3.05) is 26.2 Å². The van der Waals surface area contributed by atoms with Gasteiger partial charge in [-0.05, 0) is 38.1 Å². The zero-order valence-electron chi connectivity index (χ0n) is 11.7. The molecule has 0 spiro atoms. The van der Waals surface area contributed by atoms with Crippen molar-refractivity contribution in [2.24, 2.45) is 5.92 Å². The summed E-state index contributed by atoms with van der Waals surface area (Å²) in [5.41, 5.74) is 0. The number of hydrogen-bond donors (Lipinski definition) is 1. The molecule has 4 nitrogen and oxygen atoms in total. The van der Waals surface area contributed by atoms with Crippen molar-refractivity contribution in [3.63, 3.8) is 0 Å². The first-order valence-corrected chi connectivity index (χ1v) is 7.30. The van der Waals surface area contributed by atoms with Crippen molar-refractivity contribution in [1.82, 2.24) is 10.2 Å². The predicted octanol–water partition coefficient (Wildman–Crippen LogP) is 1.40. The third kappa shape index (κ3) is 3.69. The predicted molar refractivity (Wildman–Crippen MR) is 71.4 cm³/mol. The number of nitrogens with one attached hydrogen (secondary N) is 1. The fourth-order valence-electron chi connectivity index (χ4n) is 2.81. The van der Waals surface area contributed by atoms with Crippen molar-refractivity contribution >= 4 is 5.91 Å². The molecule has 2 fully saturated rings. The van der Waals surface area contributed by atoms with Crippen LogP contribution in [-0.2, 0) is 9.53 Å². The summed E-state index contributed by atoms with van der Waals surface area (Å²) in [4.78, 5) is 14.3. The van der Waals surface area contributed by atoms with Crippen LogP contribution in [0.25, 0.3) is 0 Å². The minimum Gasteiger partial charge on any atom is -0.368 e. The molecule has 18 heavy (non-hydrogen) atoms. The minimum atomic E-state index is -0.151. The van der Waals surface area contributed by atoms with Crippen LogP contribution in [0.3, 0.4) is 0 Å². The van der Waals surface area contributed by atoms with Crippen LogP contribution in [0.15, 0.2) is 0 Å². The quantitative estimate of drug-likeness (QED) is 0.824. The molecule has 0 radical (unpaired) electrons. The second-order valence-electron chi connectivity index (χ2n) is 5.86. The normalized spacial score (nSPS) is 28.9. The van der Waals surface area contributed by atoms with Crippen LogP contribution in [0.1, 0.15) is 39.5 Å². The Balaban J connectivity index is 1.80.